The summed E-state index contributed by atoms with van der Waals surface area (Å²) in [7, 11) is 0. The molecule has 2 nitrogen and oxygen atoms in total. The van der Waals surface area contributed by atoms with Crippen LogP contribution in [0.5, 0.6) is 0 Å². The number of carbonyl (C=O) groups is 2. The van der Waals surface area contributed by atoms with Gasteiger partial charge in [0.15, 0.2) is 0 Å². The summed E-state index contributed by atoms with van der Waals surface area (Å²) in [6.45, 7) is 8.74. The molecular formula is C24H46O2. The Morgan fingerprint density at radius 1 is 0.577 bits per heavy atom. The Morgan fingerprint density at radius 3 is 1.50 bits per heavy atom. The molecule has 0 saturated heterocycles. The van der Waals surface area contributed by atoms with Gasteiger partial charge in [-0.2, -0.15) is 0 Å². The molecule has 26 heavy (non-hydrogen) atoms. The highest BCUT2D eigenvalue weighted by Gasteiger charge is 2.22. The Kier molecular flexibility index (Phi) is 16.1. The van der Waals surface area contributed by atoms with E-state index in [1.54, 1.807) is 0 Å². The Balaban J connectivity index is 3.74. The average Bonchev–Trinajstić information content (AvgIpc) is 2.59. The number of ketones is 2. The highest BCUT2D eigenvalue weighted by Crippen LogP contribution is 2.28. The molecule has 0 unspecified atom stereocenters. The lowest BCUT2D eigenvalue weighted by Crippen LogP contribution is -2.18. The summed E-state index contributed by atoms with van der Waals surface area (Å²) in [4.78, 5) is 24.3. The predicted octanol–water partition coefficient (Wildman–Crippen LogP) is 7.82. The van der Waals surface area contributed by atoms with E-state index < -0.39 is 0 Å². The van der Waals surface area contributed by atoms with Gasteiger partial charge in [-0.25, -0.2) is 0 Å². The van der Waals surface area contributed by atoms with Crippen LogP contribution in [0.4, 0.5) is 0 Å². The molecule has 2 heteroatoms. The first kappa shape index (κ1) is 25.3. The van der Waals surface area contributed by atoms with Crippen LogP contribution < -0.4 is 0 Å². The van der Waals surface area contributed by atoms with Crippen molar-refractivity contribution in [3.63, 3.8) is 0 Å². The van der Waals surface area contributed by atoms with Gasteiger partial charge in [0.05, 0.1) is 0 Å². The highest BCUT2D eigenvalue weighted by atomic mass is 16.1. The number of unbranched alkanes of at least 4 members (excludes halogenated alkanes) is 10. The minimum atomic E-state index is -0.0317. The molecule has 0 aromatic heterocycles. The Hall–Kier alpha value is -0.660. The molecular weight excluding hydrogens is 320 g/mol. The molecule has 0 saturated carbocycles. The Morgan fingerprint density at radius 2 is 1.00 bits per heavy atom. The smallest absolute Gasteiger partial charge is 0.133 e. The van der Waals surface area contributed by atoms with Crippen molar-refractivity contribution in [1.82, 2.24) is 0 Å². The third kappa shape index (κ3) is 16.8. The van der Waals surface area contributed by atoms with Crippen molar-refractivity contribution in [2.45, 2.75) is 137 Å². The molecule has 0 heterocycles. The fourth-order valence-corrected chi connectivity index (χ4v) is 3.52. The quantitative estimate of drug-likeness (QED) is 0.218. The van der Waals surface area contributed by atoms with Gasteiger partial charge in [-0.1, -0.05) is 91.9 Å². The maximum Gasteiger partial charge on any atom is 0.133 e. The van der Waals surface area contributed by atoms with Gasteiger partial charge >= 0.3 is 0 Å². The van der Waals surface area contributed by atoms with Crippen LogP contribution in [0.2, 0.25) is 0 Å². The average molecular weight is 367 g/mol. The van der Waals surface area contributed by atoms with Crippen LogP contribution >= 0.6 is 0 Å². The zero-order valence-electron chi connectivity index (χ0n) is 18.3. The van der Waals surface area contributed by atoms with Crippen LogP contribution in [0.3, 0.4) is 0 Å². The lowest BCUT2D eigenvalue weighted by Gasteiger charge is -2.23. The first-order valence-electron chi connectivity index (χ1n) is 11.4. The molecule has 0 N–H and O–H groups in total. The van der Waals surface area contributed by atoms with Gasteiger partial charge in [0, 0.05) is 25.7 Å². The number of hydrogen-bond acceptors (Lipinski definition) is 2. The van der Waals surface area contributed by atoms with Crippen LogP contribution in [0, 0.1) is 5.41 Å². The van der Waals surface area contributed by atoms with Gasteiger partial charge in [-0.05, 0) is 24.7 Å². The van der Waals surface area contributed by atoms with E-state index in [0.717, 1.165) is 32.1 Å². The third-order valence-corrected chi connectivity index (χ3v) is 5.37. The normalized spacial score (nSPS) is 11.7. The molecule has 0 amide bonds. The summed E-state index contributed by atoms with van der Waals surface area (Å²) in [5.41, 5.74) is -0.0317. The van der Waals surface area contributed by atoms with E-state index in [2.05, 4.69) is 27.7 Å². The lowest BCUT2D eigenvalue weighted by atomic mass is 9.81. The van der Waals surface area contributed by atoms with Gasteiger partial charge in [-0.15, -0.1) is 0 Å². The number of Topliss-reactive ketones (excluding diaryl/α,β-unsaturated/α-hetero) is 2. The first-order valence-corrected chi connectivity index (χ1v) is 11.4. The maximum atomic E-state index is 12.2. The second-order valence-corrected chi connectivity index (χ2v) is 8.95. The Bertz CT molecular complexity index is 357. The van der Waals surface area contributed by atoms with Gasteiger partial charge < -0.3 is 0 Å². The molecule has 0 spiro atoms. The number of rotatable bonds is 19. The minimum absolute atomic E-state index is 0.0317. The molecule has 0 bridgehead atoms. The van der Waals surface area contributed by atoms with Gasteiger partial charge in [0.1, 0.15) is 11.6 Å². The zero-order chi connectivity index (χ0) is 19.7. The maximum absolute atomic E-state index is 12.2. The first-order chi connectivity index (χ1) is 12.4. The van der Waals surface area contributed by atoms with Gasteiger partial charge in [0.2, 0.25) is 0 Å². The third-order valence-electron chi connectivity index (χ3n) is 5.37. The van der Waals surface area contributed by atoms with Crippen LogP contribution in [0.25, 0.3) is 0 Å². The largest absolute Gasteiger partial charge is 0.300 e. The lowest BCUT2D eigenvalue weighted by molar-refractivity contribution is -0.123. The van der Waals surface area contributed by atoms with Crippen LogP contribution in [0.15, 0.2) is 0 Å². The van der Waals surface area contributed by atoms with Gasteiger partial charge in [-0.3, -0.25) is 9.59 Å². The summed E-state index contributed by atoms with van der Waals surface area (Å²) in [5.74, 6) is 0.769. The second-order valence-electron chi connectivity index (χ2n) is 8.95. The van der Waals surface area contributed by atoms with Crippen LogP contribution in [0.1, 0.15) is 137 Å². The molecule has 0 fully saturated rings. The summed E-state index contributed by atoms with van der Waals surface area (Å²) >= 11 is 0. The molecule has 0 aliphatic heterocycles. The SMILES string of the molecule is CCCCCCCCC(=O)CCC(C)(C)CC(=O)CCCCCCCC. The van der Waals surface area contributed by atoms with Crippen molar-refractivity contribution >= 4 is 11.6 Å². The molecule has 0 atom stereocenters. The monoisotopic (exact) mass is 366 g/mol. The van der Waals surface area contributed by atoms with E-state index in [0.29, 0.717) is 24.4 Å². The molecule has 0 aliphatic rings. The number of carbonyl (C=O) groups excluding carboxylic acids is 2. The molecule has 0 aromatic carbocycles. The topological polar surface area (TPSA) is 34.1 Å². The zero-order valence-corrected chi connectivity index (χ0v) is 18.3. The van der Waals surface area contributed by atoms with E-state index >= 15 is 0 Å². The molecule has 0 rings (SSSR count). The van der Waals surface area contributed by atoms with Crippen molar-refractivity contribution in [2.24, 2.45) is 5.41 Å². The van der Waals surface area contributed by atoms with Crippen molar-refractivity contribution in [3.8, 4) is 0 Å². The van der Waals surface area contributed by atoms with E-state index in [1.165, 1.54) is 64.2 Å². The standard InChI is InChI=1S/C24H46O2/c1-5-7-9-11-13-15-17-22(25)19-20-24(3,4)21-23(26)18-16-14-12-10-8-6-2/h5-21H2,1-4H3. The van der Waals surface area contributed by atoms with Crippen molar-refractivity contribution < 1.29 is 9.59 Å². The van der Waals surface area contributed by atoms with Crippen molar-refractivity contribution in [2.75, 3.05) is 0 Å². The van der Waals surface area contributed by atoms with E-state index in [4.69, 9.17) is 0 Å². The van der Waals surface area contributed by atoms with Crippen LogP contribution in [-0.4, -0.2) is 11.6 Å². The van der Waals surface area contributed by atoms with Crippen molar-refractivity contribution in [3.05, 3.63) is 0 Å². The van der Waals surface area contributed by atoms with E-state index in [1.807, 2.05) is 0 Å². The minimum Gasteiger partial charge on any atom is -0.300 e. The molecule has 0 aliphatic carbocycles. The Labute approximate surface area is 163 Å². The molecule has 0 aromatic rings. The summed E-state index contributed by atoms with van der Waals surface area (Å²) in [6.07, 6.45) is 18.3. The predicted molar refractivity (Wildman–Crippen MR) is 114 cm³/mol. The van der Waals surface area contributed by atoms with Crippen LogP contribution in [-0.2, 0) is 9.59 Å². The van der Waals surface area contributed by atoms with Gasteiger partial charge in [0.25, 0.3) is 0 Å². The highest BCUT2D eigenvalue weighted by molar-refractivity contribution is 5.80. The number of hydrogen-bond donors (Lipinski definition) is 0. The second kappa shape index (κ2) is 16.5. The summed E-state index contributed by atoms with van der Waals surface area (Å²) in [5, 5.41) is 0. The fourth-order valence-electron chi connectivity index (χ4n) is 3.52. The summed E-state index contributed by atoms with van der Waals surface area (Å²) < 4.78 is 0. The van der Waals surface area contributed by atoms with E-state index in [-0.39, 0.29) is 5.41 Å². The van der Waals surface area contributed by atoms with E-state index in [9.17, 15) is 9.59 Å². The molecule has 154 valence electrons. The van der Waals surface area contributed by atoms with Crippen molar-refractivity contribution in [1.29, 1.82) is 0 Å². The fraction of sp³-hybridized carbons (Fsp3) is 0.917. The summed E-state index contributed by atoms with van der Waals surface area (Å²) in [6, 6.07) is 0. The molecule has 0 radical (unpaired) electrons.